The predicted molar refractivity (Wildman–Crippen MR) is 60.6 cm³/mol. The molecule has 106 valence electrons. The summed E-state index contributed by atoms with van der Waals surface area (Å²) in [5.41, 5.74) is 0. The number of esters is 1. The average Bonchev–Trinajstić information content (AvgIpc) is 2.88. The Morgan fingerprint density at radius 1 is 1.55 bits per heavy atom. The number of ether oxygens (including phenoxy) is 2. The van der Waals surface area contributed by atoms with Gasteiger partial charge in [-0.05, 0) is 12.8 Å². The number of hydrogen-bond donors (Lipinski definition) is 0. The van der Waals surface area contributed by atoms with Gasteiger partial charge in [0.05, 0.1) is 6.10 Å². The molecule has 0 saturated carbocycles. The number of Topliss-reactive ketones (excluding diaryl/α,β-unsaturated/α-hetero) is 1. The van der Waals surface area contributed by atoms with Crippen molar-refractivity contribution in [3.63, 3.8) is 0 Å². The van der Waals surface area contributed by atoms with Crippen molar-refractivity contribution < 1.29 is 23.9 Å². The lowest BCUT2D eigenvalue weighted by Crippen LogP contribution is -2.46. The first-order chi connectivity index (χ1) is 9.52. The Hall–Kier alpha value is -2.34. The first kappa shape index (κ1) is 14.1. The van der Waals surface area contributed by atoms with Crippen molar-refractivity contribution in [1.29, 1.82) is 5.26 Å². The third kappa shape index (κ3) is 2.80. The third-order valence-corrected chi connectivity index (χ3v) is 2.88. The van der Waals surface area contributed by atoms with Crippen LogP contribution >= 0.6 is 0 Å². The number of hydrogen-bond acceptors (Lipinski definition) is 8. The second-order valence-electron chi connectivity index (χ2n) is 4.34. The van der Waals surface area contributed by atoms with Crippen molar-refractivity contribution in [2.75, 3.05) is 6.61 Å². The molecule has 9 heteroatoms. The van der Waals surface area contributed by atoms with Gasteiger partial charge in [0.2, 0.25) is 6.04 Å². The van der Waals surface area contributed by atoms with Gasteiger partial charge < -0.3 is 9.47 Å². The van der Waals surface area contributed by atoms with Gasteiger partial charge in [0.25, 0.3) is 5.78 Å². The zero-order chi connectivity index (χ0) is 14.7. The van der Waals surface area contributed by atoms with E-state index in [1.807, 2.05) is 0 Å². The van der Waals surface area contributed by atoms with Crippen LogP contribution in [0.2, 0.25) is 0 Å². The SMILES string of the molecule is CC(=O)OCC1CCC(N2N=NC(C#N)C(=O)C2=O)O1. The molecule has 0 aromatic rings. The number of nitrogens with zero attached hydrogens (tertiary/aromatic N) is 4. The molecule has 0 bridgehead atoms. The van der Waals surface area contributed by atoms with E-state index in [0.29, 0.717) is 12.8 Å². The Bertz CT molecular complexity index is 511. The van der Waals surface area contributed by atoms with Crippen LogP contribution in [0.3, 0.4) is 0 Å². The summed E-state index contributed by atoms with van der Waals surface area (Å²) in [4.78, 5) is 34.0. The van der Waals surface area contributed by atoms with E-state index in [2.05, 4.69) is 10.3 Å². The minimum absolute atomic E-state index is 0.0831. The van der Waals surface area contributed by atoms with Crippen LogP contribution in [0.15, 0.2) is 10.3 Å². The summed E-state index contributed by atoms with van der Waals surface area (Å²) in [6.45, 7) is 1.37. The highest BCUT2D eigenvalue weighted by Crippen LogP contribution is 2.25. The van der Waals surface area contributed by atoms with Crippen LogP contribution < -0.4 is 0 Å². The van der Waals surface area contributed by atoms with Crippen molar-refractivity contribution in [2.24, 2.45) is 10.3 Å². The van der Waals surface area contributed by atoms with Crippen molar-refractivity contribution >= 4 is 17.7 Å². The number of ketones is 1. The molecule has 9 nitrogen and oxygen atoms in total. The molecule has 0 spiro atoms. The molecule has 1 amide bonds. The van der Waals surface area contributed by atoms with Gasteiger partial charge in [-0.15, -0.1) is 5.11 Å². The molecule has 0 aliphatic carbocycles. The van der Waals surface area contributed by atoms with E-state index in [4.69, 9.17) is 14.7 Å². The summed E-state index contributed by atoms with van der Waals surface area (Å²) in [6, 6.07) is 0.203. The lowest BCUT2D eigenvalue weighted by Gasteiger charge is -2.25. The molecule has 0 aromatic heterocycles. The number of amides is 1. The lowest BCUT2D eigenvalue weighted by atomic mass is 10.2. The fourth-order valence-corrected chi connectivity index (χ4v) is 1.90. The fourth-order valence-electron chi connectivity index (χ4n) is 1.90. The van der Waals surface area contributed by atoms with Gasteiger partial charge >= 0.3 is 11.9 Å². The summed E-state index contributed by atoms with van der Waals surface area (Å²) in [7, 11) is 0. The second-order valence-corrected chi connectivity index (χ2v) is 4.34. The summed E-state index contributed by atoms with van der Waals surface area (Å²) in [6.07, 6.45) is -0.0694. The average molecular weight is 280 g/mol. The Morgan fingerprint density at radius 2 is 2.30 bits per heavy atom. The summed E-state index contributed by atoms with van der Waals surface area (Å²) in [5, 5.41) is 16.5. The number of rotatable bonds is 3. The van der Waals surface area contributed by atoms with E-state index < -0.39 is 29.9 Å². The number of carbonyl (C=O) groups is 3. The first-order valence-electron chi connectivity index (χ1n) is 5.99. The minimum atomic E-state index is -1.38. The zero-order valence-corrected chi connectivity index (χ0v) is 10.7. The predicted octanol–water partition coefficient (Wildman–Crippen LogP) is -0.275. The molecule has 1 fully saturated rings. The van der Waals surface area contributed by atoms with Gasteiger partial charge in [0.15, 0.2) is 6.23 Å². The van der Waals surface area contributed by atoms with E-state index in [1.165, 1.54) is 6.92 Å². The monoisotopic (exact) mass is 280 g/mol. The van der Waals surface area contributed by atoms with Gasteiger partial charge in [-0.2, -0.15) is 10.3 Å². The lowest BCUT2D eigenvalue weighted by molar-refractivity contribution is -0.161. The largest absolute Gasteiger partial charge is 0.463 e. The van der Waals surface area contributed by atoms with Crippen LogP contribution in [0.1, 0.15) is 19.8 Å². The van der Waals surface area contributed by atoms with Gasteiger partial charge in [0, 0.05) is 6.92 Å². The van der Waals surface area contributed by atoms with Crippen molar-refractivity contribution in [1.82, 2.24) is 5.01 Å². The summed E-state index contributed by atoms with van der Waals surface area (Å²) in [5.74, 6) is -2.25. The quantitative estimate of drug-likeness (QED) is 0.518. The van der Waals surface area contributed by atoms with Crippen molar-refractivity contribution in [3.8, 4) is 6.07 Å². The summed E-state index contributed by atoms with van der Waals surface area (Å²) >= 11 is 0. The molecule has 0 aromatic carbocycles. The van der Waals surface area contributed by atoms with E-state index in [1.54, 1.807) is 6.07 Å². The highest BCUT2D eigenvalue weighted by atomic mass is 16.6. The molecule has 20 heavy (non-hydrogen) atoms. The maximum Gasteiger partial charge on any atom is 0.317 e. The van der Waals surface area contributed by atoms with Gasteiger partial charge in [-0.3, -0.25) is 14.4 Å². The molecular weight excluding hydrogens is 268 g/mol. The van der Waals surface area contributed by atoms with Crippen molar-refractivity contribution in [3.05, 3.63) is 0 Å². The molecule has 2 aliphatic rings. The number of nitriles is 1. The van der Waals surface area contributed by atoms with Crippen LogP contribution in [-0.4, -0.2) is 47.6 Å². The van der Waals surface area contributed by atoms with E-state index >= 15 is 0 Å². The highest BCUT2D eigenvalue weighted by Gasteiger charge is 2.41. The number of carbonyl (C=O) groups excluding carboxylic acids is 3. The minimum Gasteiger partial charge on any atom is -0.463 e. The van der Waals surface area contributed by atoms with Crippen LogP contribution in [0.25, 0.3) is 0 Å². The van der Waals surface area contributed by atoms with Crippen LogP contribution in [0.4, 0.5) is 0 Å². The fraction of sp³-hybridized carbons (Fsp3) is 0.636. The van der Waals surface area contributed by atoms with E-state index in [0.717, 1.165) is 5.01 Å². The normalized spacial score (nSPS) is 29.4. The molecule has 2 rings (SSSR count). The smallest absolute Gasteiger partial charge is 0.317 e. The summed E-state index contributed by atoms with van der Waals surface area (Å²) < 4.78 is 10.3. The molecular formula is C11H12N4O5. The van der Waals surface area contributed by atoms with Crippen LogP contribution in [0.5, 0.6) is 0 Å². The molecule has 3 atom stereocenters. The highest BCUT2D eigenvalue weighted by molar-refractivity contribution is 6.39. The molecule has 3 unspecified atom stereocenters. The Labute approximate surface area is 114 Å². The molecule has 0 N–H and O–H groups in total. The van der Waals surface area contributed by atoms with Crippen molar-refractivity contribution in [2.45, 2.75) is 38.1 Å². The second kappa shape index (κ2) is 5.75. The van der Waals surface area contributed by atoms with Gasteiger partial charge in [0.1, 0.15) is 12.7 Å². The van der Waals surface area contributed by atoms with Gasteiger partial charge in [-0.1, -0.05) is 5.22 Å². The Balaban J connectivity index is 1.97. The maximum atomic E-state index is 11.8. The standard InChI is InChI=1S/C11H12N4O5/c1-6(16)19-5-7-2-3-9(20-7)15-11(18)10(17)8(4-12)13-14-15/h7-9H,2-3,5H2,1H3. The van der Waals surface area contributed by atoms with Gasteiger partial charge in [-0.25, -0.2) is 0 Å². The zero-order valence-electron chi connectivity index (χ0n) is 10.7. The van der Waals surface area contributed by atoms with E-state index in [9.17, 15) is 14.4 Å². The van der Waals surface area contributed by atoms with Crippen LogP contribution in [-0.2, 0) is 23.9 Å². The topological polar surface area (TPSA) is 121 Å². The Kier molecular flexibility index (Phi) is 4.05. The first-order valence-corrected chi connectivity index (χ1v) is 5.99. The molecule has 1 saturated heterocycles. The molecule has 2 aliphatic heterocycles. The molecule has 2 heterocycles. The third-order valence-electron chi connectivity index (χ3n) is 2.88. The molecule has 0 radical (unpaired) electrons. The Morgan fingerprint density at radius 3 is 2.95 bits per heavy atom. The van der Waals surface area contributed by atoms with Crippen LogP contribution in [0, 0.1) is 11.3 Å². The maximum absolute atomic E-state index is 11.8. The van der Waals surface area contributed by atoms with E-state index in [-0.39, 0.29) is 12.7 Å².